The average Bonchev–Trinajstić information content (AvgIpc) is 2.80. The highest BCUT2D eigenvalue weighted by atomic mass is 35.5. The van der Waals surface area contributed by atoms with Crippen molar-refractivity contribution in [3.05, 3.63) is 63.6 Å². The zero-order valence-corrected chi connectivity index (χ0v) is 14.0. The van der Waals surface area contributed by atoms with E-state index in [4.69, 9.17) is 28.3 Å². The summed E-state index contributed by atoms with van der Waals surface area (Å²) in [5.74, 6) is -1.28. The highest BCUT2D eigenvalue weighted by Crippen LogP contribution is 2.44. The van der Waals surface area contributed by atoms with Crippen molar-refractivity contribution in [2.75, 3.05) is 11.9 Å². The number of amides is 1. The fourth-order valence-electron chi connectivity index (χ4n) is 2.93. The van der Waals surface area contributed by atoms with Crippen LogP contribution in [0.15, 0.2) is 42.5 Å². The Bertz CT molecular complexity index is 825. The van der Waals surface area contributed by atoms with Crippen molar-refractivity contribution < 1.29 is 14.7 Å². The number of benzene rings is 2. The lowest BCUT2D eigenvalue weighted by molar-refractivity contribution is -0.137. The summed E-state index contributed by atoms with van der Waals surface area (Å²) < 4.78 is 0. The minimum absolute atomic E-state index is 0.0972. The molecule has 1 aliphatic rings. The molecule has 0 saturated carbocycles. The Hall–Kier alpha value is -2.08. The molecule has 0 aromatic heterocycles. The van der Waals surface area contributed by atoms with E-state index in [0.717, 1.165) is 0 Å². The molecule has 0 fully saturated rings. The Morgan fingerprint density at radius 1 is 1.17 bits per heavy atom. The number of carboxylic acids is 1. The van der Waals surface area contributed by atoms with Crippen LogP contribution in [0.5, 0.6) is 0 Å². The number of anilines is 1. The monoisotopic (exact) mass is 364 g/mol. The van der Waals surface area contributed by atoms with Crippen LogP contribution in [-0.4, -0.2) is 23.5 Å². The molecule has 0 bridgehead atoms. The van der Waals surface area contributed by atoms with Crippen molar-refractivity contribution in [1.29, 1.82) is 0 Å². The van der Waals surface area contributed by atoms with Crippen LogP contribution < -0.4 is 10.6 Å². The maximum atomic E-state index is 12.9. The molecule has 124 valence electrons. The van der Waals surface area contributed by atoms with Crippen LogP contribution in [0.4, 0.5) is 5.69 Å². The van der Waals surface area contributed by atoms with E-state index in [9.17, 15) is 9.59 Å². The molecule has 7 heteroatoms. The summed E-state index contributed by atoms with van der Waals surface area (Å²) in [6.07, 6.45) is -0.130. The van der Waals surface area contributed by atoms with E-state index in [1.807, 2.05) is 0 Å². The Morgan fingerprint density at radius 3 is 2.62 bits per heavy atom. The third kappa shape index (κ3) is 2.75. The first-order valence-corrected chi connectivity index (χ1v) is 8.04. The number of nitrogens with one attached hydrogen (secondary N) is 2. The van der Waals surface area contributed by atoms with Gasteiger partial charge in [-0.15, -0.1) is 0 Å². The number of aliphatic carboxylic acids is 1. The second-order valence-electron chi connectivity index (χ2n) is 5.44. The number of hydrogen-bond acceptors (Lipinski definition) is 3. The molecule has 0 radical (unpaired) electrons. The number of halogens is 2. The third-order valence-electron chi connectivity index (χ3n) is 3.98. The molecule has 3 rings (SSSR count). The molecule has 24 heavy (non-hydrogen) atoms. The predicted molar refractivity (Wildman–Crippen MR) is 92.6 cm³/mol. The largest absolute Gasteiger partial charge is 0.481 e. The summed E-state index contributed by atoms with van der Waals surface area (Å²) in [6.45, 7) is 0.0972. The molecule has 1 atom stereocenters. The topological polar surface area (TPSA) is 78.4 Å². The van der Waals surface area contributed by atoms with Crippen LogP contribution in [0.3, 0.4) is 0 Å². The zero-order valence-electron chi connectivity index (χ0n) is 12.5. The number of fused-ring (bicyclic) bond motifs is 1. The van der Waals surface area contributed by atoms with Crippen LogP contribution >= 0.6 is 23.2 Å². The molecule has 0 spiro atoms. The van der Waals surface area contributed by atoms with Gasteiger partial charge >= 0.3 is 5.97 Å². The lowest BCUT2D eigenvalue weighted by atomic mass is 9.83. The SMILES string of the molecule is O=C(O)CCNC1(c2ccccc2Cl)C(=O)Nc2ccc(Cl)cc21. The molecular weight excluding hydrogens is 351 g/mol. The normalized spacial score (nSPS) is 19.0. The van der Waals surface area contributed by atoms with Gasteiger partial charge in [-0.05, 0) is 24.3 Å². The number of carbonyl (C=O) groups is 2. The van der Waals surface area contributed by atoms with E-state index < -0.39 is 11.5 Å². The summed E-state index contributed by atoms with van der Waals surface area (Å²) in [7, 11) is 0. The van der Waals surface area contributed by atoms with Gasteiger partial charge in [-0.1, -0.05) is 41.4 Å². The first-order chi connectivity index (χ1) is 11.4. The summed E-state index contributed by atoms with van der Waals surface area (Å²) >= 11 is 12.5. The average molecular weight is 365 g/mol. The van der Waals surface area contributed by atoms with Crippen molar-refractivity contribution in [2.24, 2.45) is 0 Å². The van der Waals surface area contributed by atoms with Gasteiger partial charge in [0.15, 0.2) is 5.54 Å². The van der Waals surface area contributed by atoms with Gasteiger partial charge in [0.05, 0.1) is 6.42 Å². The Balaban J connectivity index is 2.17. The highest BCUT2D eigenvalue weighted by molar-refractivity contribution is 6.32. The van der Waals surface area contributed by atoms with Crippen LogP contribution in [0.1, 0.15) is 17.5 Å². The van der Waals surface area contributed by atoms with Crippen LogP contribution in [0.25, 0.3) is 0 Å². The Kier molecular flexibility index (Phi) is 4.49. The number of hydrogen-bond donors (Lipinski definition) is 3. The summed E-state index contributed by atoms with van der Waals surface area (Å²) in [6, 6.07) is 12.1. The van der Waals surface area contributed by atoms with Crippen molar-refractivity contribution >= 4 is 40.8 Å². The molecule has 1 aliphatic heterocycles. The van der Waals surface area contributed by atoms with E-state index >= 15 is 0 Å². The lowest BCUT2D eigenvalue weighted by Crippen LogP contribution is -2.49. The van der Waals surface area contributed by atoms with Crippen LogP contribution in [0, 0.1) is 0 Å². The minimum Gasteiger partial charge on any atom is -0.481 e. The van der Waals surface area contributed by atoms with Gasteiger partial charge in [0.2, 0.25) is 0 Å². The molecule has 2 aromatic carbocycles. The van der Waals surface area contributed by atoms with Gasteiger partial charge < -0.3 is 10.4 Å². The van der Waals surface area contributed by atoms with Gasteiger partial charge in [-0.3, -0.25) is 14.9 Å². The number of carbonyl (C=O) groups excluding carboxylic acids is 1. The highest BCUT2D eigenvalue weighted by Gasteiger charge is 2.49. The standard InChI is InChI=1S/C17H14Cl2N2O3/c18-10-5-6-14-12(9-10)17(16(24)21-14,20-8-7-15(22)23)11-3-1-2-4-13(11)19/h1-6,9,20H,7-8H2,(H,21,24)(H,22,23). The molecular formula is C17H14Cl2N2O3. The first kappa shape index (κ1) is 16.8. The quantitative estimate of drug-likeness (QED) is 0.760. The summed E-state index contributed by atoms with van der Waals surface area (Å²) in [5.41, 5.74) is 0.509. The van der Waals surface area contributed by atoms with E-state index in [1.165, 1.54) is 0 Å². The number of rotatable bonds is 5. The lowest BCUT2D eigenvalue weighted by Gasteiger charge is -2.30. The zero-order chi connectivity index (χ0) is 17.3. The van der Waals surface area contributed by atoms with E-state index in [1.54, 1.807) is 42.5 Å². The maximum absolute atomic E-state index is 12.9. The van der Waals surface area contributed by atoms with Gasteiger partial charge in [0, 0.05) is 33.4 Å². The third-order valence-corrected chi connectivity index (χ3v) is 4.55. The van der Waals surface area contributed by atoms with Crippen molar-refractivity contribution in [3.63, 3.8) is 0 Å². The summed E-state index contributed by atoms with van der Waals surface area (Å²) in [4.78, 5) is 23.7. The van der Waals surface area contributed by atoms with Gasteiger partial charge in [0.1, 0.15) is 0 Å². The molecule has 1 heterocycles. The van der Waals surface area contributed by atoms with Gasteiger partial charge in [-0.25, -0.2) is 0 Å². The Labute approximate surface area is 148 Å². The molecule has 3 N–H and O–H groups in total. The maximum Gasteiger partial charge on any atom is 0.304 e. The molecule has 1 amide bonds. The smallest absolute Gasteiger partial charge is 0.304 e. The van der Waals surface area contributed by atoms with E-state index in [-0.39, 0.29) is 18.9 Å². The molecule has 0 aliphatic carbocycles. The van der Waals surface area contributed by atoms with Crippen LogP contribution in [-0.2, 0) is 15.1 Å². The van der Waals surface area contributed by atoms with Crippen molar-refractivity contribution in [1.82, 2.24) is 5.32 Å². The minimum atomic E-state index is -1.28. The molecule has 2 aromatic rings. The second-order valence-corrected chi connectivity index (χ2v) is 6.29. The fraction of sp³-hybridized carbons (Fsp3) is 0.176. The van der Waals surface area contributed by atoms with Crippen LogP contribution in [0.2, 0.25) is 10.0 Å². The fourth-order valence-corrected chi connectivity index (χ4v) is 3.38. The van der Waals surface area contributed by atoms with Gasteiger partial charge in [0.25, 0.3) is 5.91 Å². The Morgan fingerprint density at radius 2 is 1.92 bits per heavy atom. The molecule has 1 unspecified atom stereocenters. The summed E-state index contributed by atoms with van der Waals surface area (Å²) in [5, 5.41) is 15.7. The number of carboxylic acid groups (broad SMARTS) is 1. The van der Waals surface area contributed by atoms with E-state index in [0.29, 0.717) is 26.9 Å². The van der Waals surface area contributed by atoms with Gasteiger partial charge in [-0.2, -0.15) is 0 Å². The molecule has 5 nitrogen and oxygen atoms in total. The van der Waals surface area contributed by atoms with Crippen molar-refractivity contribution in [2.45, 2.75) is 12.0 Å². The predicted octanol–water partition coefficient (Wildman–Crippen LogP) is 3.25. The van der Waals surface area contributed by atoms with E-state index in [2.05, 4.69) is 10.6 Å². The second kappa shape index (κ2) is 6.43. The first-order valence-electron chi connectivity index (χ1n) is 7.28. The molecule has 0 saturated heterocycles. The van der Waals surface area contributed by atoms with Crippen molar-refractivity contribution in [3.8, 4) is 0 Å².